The second-order valence-corrected chi connectivity index (χ2v) is 6.75. The van der Waals surface area contributed by atoms with Crippen LogP contribution in [-0.4, -0.2) is 18.1 Å². The molecule has 0 heterocycles. The predicted octanol–water partition coefficient (Wildman–Crippen LogP) is 4.52. The summed E-state index contributed by atoms with van der Waals surface area (Å²) < 4.78 is 31.4. The minimum absolute atomic E-state index is 0.0268. The molecule has 0 aromatic heterocycles. The first kappa shape index (κ1) is 16.1. The molecule has 0 radical (unpaired) electrons. The molecule has 0 aliphatic heterocycles. The maximum absolute atomic E-state index is 11.2. The summed E-state index contributed by atoms with van der Waals surface area (Å²) in [6.07, 6.45) is 0. The van der Waals surface area contributed by atoms with E-state index in [2.05, 4.69) is 10.2 Å². The monoisotopic (exact) mass is 342 g/mol. The number of aryl methyl sites for hydroxylation is 1. The van der Waals surface area contributed by atoms with E-state index in [1.807, 2.05) is 25.1 Å². The minimum Gasteiger partial charge on any atom is -0.506 e. The number of nitrogens with zero attached hydrogens (tertiary/aromatic N) is 2. The van der Waals surface area contributed by atoms with Gasteiger partial charge in [-0.2, -0.15) is 13.5 Å². The lowest BCUT2D eigenvalue weighted by molar-refractivity contribution is 0.477. The molecule has 0 aliphatic rings. The van der Waals surface area contributed by atoms with Gasteiger partial charge < -0.3 is 5.11 Å². The van der Waals surface area contributed by atoms with Crippen LogP contribution in [0.25, 0.3) is 10.8 Å². The number of rotatable bonds is 3. The summed E-state index contributed by atoms with van der Waals surface area (Å²) in [5, 5.41) is 19.7. The average molecular weight is 342 g/mol. The van der Waals surface area contributed by atoms with E-state index < -0.39 is 10.1 Å². The molecule has 2 N–H and O–H groups in total. The lowest BCUT2D eigenvalue weighted by Crippen LogP contribution is -1.96. The Kier molecular flexibility index (Phi) is 4.04. The molecule has 24 heavy (non-hydrogen) atoms. The molecule has 3 rings (SSSR count). The molecule has 0 fully saturated rings. The van der Waals surface area contributed by atoms with Gasteiger partial charge in [-0.1, -0.05) is 35.9 Å². The van der Waals surface area contributed by atoms with E-state index in [0.29, 0.717) is 5.69 Å². The molecule has 0 atom stereocenters. The summed E-state index contributed by atoms with van der Waals surface area (Å²) in [5.74, 6) is -0.0268. The number of hydrogen-bond donors (Lipinski definition) is 2. The van der Waals surface area contributed by atoms with Crippen molar-refractivity contribution in [3.63, 3.8) is 0 Å². The van der Waals surface area contributed by atoms with Crippen molar-refractivity contribution < 1.29 is 18.1 Å². The number of fused-ring (bicyclic) bond motifs is 1. The van der Waals surface area contributed by atoms with E-state index in [4.69, 9.17) is 4.55 Å². The van der Waals surface area contributed by atoms with E-state index >= 15 is 0 Å². The van der Waals surface area contributed by atoms with Crippen LogP contribution in [-0.2, 0) is 10.1 Å². The van der Waals surface area contributed by atoms with Crippen molar-refractivity contribution in [3.8, 4) is 5.75 Å². The van der Waals surface area contributed by atoms with Gasteiger partial charge in [-0.3, -0.25) is 4.55 Å². The Morgan fingerprint density at radius 2 is 1.75 bits per heavy atom. The lowest BCUT2D eigenvalue weighted by atomic mass is 10.1. The molecule has 3 aromatic carbocycles. The topological polar surface area (TPSA) is 99.3 Å². The Labute approximate surface area is 138 Å². The molecule has 0 saturated heterocycles. The molecular weight excluding hydrogens is 328 g/mol. The number of aromatic hydroxyl groups is 1. The largest absolute Gasteiger partial charge is 0.506 e. The Hall–Kier alpha value is -2.77. The fourth-order valence-corrected chi connectivity index (χ4v) is 2.86. The van der Waals surface area contributed by atoms with Crippen LogP contribution in [0.3, 0.4) is 0 Å². The summed E-state index contributed by atoms with van der Waals surface area (Å²) in [6, 6.07) is 14.5. The van der Waals surface area contributed by atoms with Gasteiger partial charge in [0.1, 0.15) is 11.4 Å². The summed E-state index contributed by atoms with van der Waals surface area (Å²) in [5.41, 5.74) is 1.62. The maximum atomic E-state index is 11.2. The van der Waals surface area contributed by atoms with Crippen molar-refractivity contribution in [1.29, 1.82) is 0 Å². The van der Waals surface area contributed by atoms with Crippen LogP contribution in [0.2, 0.25) is 0 Å². The first-order valence-corrected chi connectivity index (χ1v) is 8.50. The number of azo groups is 1. The predicted molar refractivity (Wildman–Crippen MR) is 90.8 cm³/mol. The number of benzene rings is 3. The van der Waals surface area contributed by atoms with E-state index in [1.165, 1.54) is 24.3 Å². The standard InChI is InChI=1S/C17H14N2O4S/c1-11-5-7-15-12(9-11)6-8-16(20)17(15)19-18-13-3-2-4-14(10-13)24(21,22)23/h2-10,20H,1H3,(H,21,22,23)/b19-18+. The van der Waals surface area contributed by atoms with Gasteiger partial charge in [0.05, 0.1) is 10.6 Å². The van der Waals surface area contributed by atoms with Gasteiger partial charge >= 0.3 is 0 Å². The van der Waals surface area contributed by atoms with Crippen molar-refractivity contribution in [2.75, 3.05) is 0 Å². The second-order valence-electron chi connectivity index (χ2n) is 5.33. The van der Waals surface area contributed by atoms with E-state index in [-0.39, 0.29) is 16.3 Å². The minimum atomic E-state index is -4.31. The van der Waals surface area contributed by atoms with Crippen LogP contribution in [0, 0.1) is 6.92 Å². The summed E-state index contributed by atoms with van der Waals surface area (Å²) in [7, 11) is -4.31. The highest BCUT2D eigenvalue weighted by molar-refractivity contribution is 7.85. The van der Waals surface area contributed by atoms with Crippen molar-refractivity contribution >= 4 is 32.3 Å². The van der Waals surface area contributed by atoms with Crippen LogP contribution in [0.4, 0.5) is 11.4 Å². The Morgan fingerprint density at radius 3 is 2.50 bits per heavy atom. The number of hydrogen-bond acceptors (Lipinski definition) is 5. The van der Waals surface area contributed by atoms with Gasteiger partial charge in [-0.25, -0.2) is 0 Å². The zero-order chi connectivity index (χ0) is 17.3. The van der Waals surface area contributed by atoms with Crippen molar-refractivity contribution in [2.45, 2.75) is 11.8 Å². The average Bonchev–Trinajstić information content (AvgIpc) is 2.53. The molecule has 0 spiro atoms. The third kappa shape index (κ3) is 3.27. The normalized spacial score (nSPS) is 12.1. The van der Waals surface area contributed by atoms with Gasteiger partial charge in [-0.05, 0) is 36.6 Å². The van der Waals surface area contributed by atoms with Crippen molar-refractivity contribution in [3.05, 3.63) is 60.2 Å². The fourth-order valence-electron chi connectivity index (χ4n) is 2.34. The first-order chi connectivity index (χ1) is 11.3. The van der Waals surface area contributed by atoms with Crippen LogP contribution < -0.4 is 0 Å². The molecule has 7 heteroatoms. The molecule has 0 unspecified atom stereocenters. The summed E-state index contributed by atoms with van der Waals surface area (Å²) >= 11 is 0. The maximum Gasteiger partial charge on any atom is 0.294 e. The summed E-state index contributed by atoms with van der Waals surface area (Å²) in [6.45, 7) is 1.97. The van der Waals surface area contributed by atoms with Crippen molar-refractivity contribution in [2.24, 2.45) is 10.2 Å². The van der Waals surface area contributed by atoms with Crippen LogP contribution in [0.1, 0.15) is 5.56 Å². The lowest BCUT2D eigenvalue weighted by Gasteiger charge is -2.05. The van der Waals surface area contributed by atoms with E-state index in [0.717, 1.165) is 16.3 Å². The second kappa shape index (κ2) is 6.03. The van der Waals surface area contributed by atoms with E-state index in [1.54, 1.807) is 12.1 Å². The molecule has 0 amide bonds. The number of phenolic OH excluding ortho intramolecular Hbond substituents is 1. The molecule has 0 saturated carbocycles. The Balaban J connectivity index is 2.07. The van der Waals surface area contributed by atoms with Crippen LogP contribution in [0.5, 0.6) is 5.75 Å². The molecule has 122 valence electrons. The Bertz CT molecular complexity index is 1060. The molecule has 6 nitrogen and oxygen atoms in total. The summed E-state index contributed by atoms with van der Waals surface area (Å²) in [4.78, 5) is -0.267. The quantitative estimate of drug-likeness (QED) is 0.540. The third-order valence-corrected chi connectivity index (χ3v) is 4.36. The van der Waals surface area contributed by atoms with Gasteiger partial charge in [0.25, 0.3) is 10.1 Å². The SMILES string of the molecule is Cc1ccc2c(/N=N/c3cccc(S(=O)(=O)O)c3)c(O)ccc2c1. The molecule has 0 aliphatic carbocycles. The Morgan fingerprint density at radius 1 is 0.958 bits per heavy atom. The fraction of sp³-hybridized carbons (Fsp3) is 0.0588. The highest BCUT2D eigenvalue weighted by atomic mass is 32.2. The van der Waals surface area contributed by atoms with Gasteiger partial charge in [0.15, 0.2) is 0 Å². The van der Waals surface area contributed by atoms with Crippen molar-refractivity contribution in [1.82, 2.24) is 0 Å². The zero-order valence-corrected chi connectivity index (χ0v) is 13.5. The highest BCUT2D eigenvalue weighted by Crippen LogP contribution is 2.36. The molecule has 3 aromatic rings. The van der Waals surface area contributed by atoms with Gasteiger partial charge in [0.2, 0.25) is 0 Å². The van der Waals surface area contributed by atoms with Gasteiger partial charge in [0, 0.05) is 5.39 Å². The first-order valence-electron chi connectivity index (χ1n) is 7.06. The number of phenols is 1. The third-order valence-electron chi connectivity index (χ3n) is 3.51. The molecular formula is C17H14N2O4S. The molecule has 0 bridgehead atoms. The smallest absolute Gasteiger partial charge is 0.294 e. The van der Waals surface area contributed by atoms with Gasteiger partial charge in [-0.15, -0.1) is 5.11 Å². The van der Waals surface area contributed by atoms with Crippen LogP contribution in [0.15, 0.2) is 69.7 Å². The highest BCUT2D eigenvalue weighted by Gasteiger charge is 2.10. The zero-order valence-electron chi connectivity index (χ0n) is 12.7. The van der Waals surface area contributed by atoms with E-state index in [9.17, 15) is 13.5 Å². The van der Waals surface area contributed by atoms with Crippen LogP contribution >= 0.6 is 0 Å².